The summed E-state index contributed by atoms with van der Waals surface area (Å²) in [6, 6.07) is 4.94. The first kappa shape index (κ1) is 22.1. The quantitative estimate of drug-likeness (QED) is 0.673. The Morgan fingerprint density at radius 2 is 1.83 bits per heavy atom. The largest absolute Gasteiger partial charge is 0.493 e. The van der Waals surface area contributed by atoms with Gasteiger partial charge in [-0.2, -0.15) is 0 Å². The normalized spacial score (nSPS) is 19.0. The number of nitrogens with one attached hydrogen (secondary N) is 1. The van der Waals surface area contributed by atoms with Crippen molar-refractivity contribution in [1.29, 1.82) is 0 Å². The molecule has 3 rings (SSSR count). The van der Waals surface area contributed by atoms with Crippen LogP contribution in [0.25, 0.3) is 0 Å². The van der Waals surface area contributed by atoms with Gasteiger partial charge in [0, 0.05) is 43.3 Å². The first-order valence-corrected chi connectivity index (χ1v) is 11.2. The first-order chi connectivity index (χ1) is 14.2. The molecule has 1 aromatic carbocycles. The number of sulfonamides is 1. The maximum absolute atomic E-state index is 13.1. The van der Waals surface area contributed by atoms with Gasteiger partial charge < -0.3 is 19.5 Å². The van der Waals surface area contributed by atoms with Crippen LogP contribution in [0.4, 0.5) is 5.69 Å². The maximum Gasteiger partial charge on any atom is 0.335 e. The third-order valence-corrected chi connectivity index (χ3v) is 7.46. The summed E-state index contributed by atoms with van der Waals surface area (Å²) >= 11 is 0. The standard InChI is InChI=1S/C20H26N2O7S/c1-5-30(25,26)22-10-8-20(9-11-22)17(13(2)19(24)29-20)18(23)21-14-6-7-15(27-3)16(12-14)28-4/h6-7,12H,5,8-11H2,1-4H3,(H,21,23). The predicted octanol–water partition coefficient (Wildman–Crippen LogP) is 1.70. The topological polar surface area (TPSA) is 111 Å². The molecule has 30 heavy (non-hydrogen) atoms. The van der Waals surface area contributed by atoms with Crippen LogP contribution in [0.15, 0.2) is 29.3 Å². The minimum Gasteiger partial charge on any atom is -0.493 e. The van der Waals surface area contributed by atoms with Crippen LogP contribution in [0.2, 0.25) is 0 Å². The number of carbonyl (C=O) groups excluding carboxylic acids is 2. The Balaban J connectivity index is 1.84. The van der Waals surface area contributed by atoms with E-state index in [0.717, 1.165) is 0 Å². The average molecular weight is 439 g/mol. The molecule has 0 aliphatic carbocycles. The molecule has 0 radical (unpaired) electrons. The van der Waals surface area contributed by atoms with Crippen molar-refractivity contribution in [3.8, 4) is 11.5 Å². The van der Waals surface area contributed by atoms with Gasteiger partial charge in [0.25, 0.3) is 5.91 Å². The molecule has 1 aromatic rings. The summed E-state index contributed by atoms with van der Waals surface area (Å²) < 4.78 is 41.8. The number of ether oxygens (including phenoxy) is 3. The van der Waals surface area contributed by atoms with Crippen molar-refractivity contribution >= 4 is 27.6 Å². The molecule has 9 nitrogen and oxygen atoms in total. The van der Waals surface area contributed by atoms with E-state index in [-0.39, 0.29) is 42.8 Å². The van der Waals surface area contributed by atoms with Gasteiger partial charge in [0.1, 0.15) is 5.60 Å². The van der Waals surface area contributed by atoms with E-state index < -0.39 is 27.5 Å². The molecule has 0 unspecified atom stereocenters. The number of benzene rings is 1. The molecular formula is C20H26N2O7S. The maximum atomic E-state index is 13.1. The predicted molar refractivity (Wildman–Crippen MR) is 110 cm³/mol. The van der Waals surface area contributed by atoms with E-state index in [2.05, 4.69) is 5.32 Å². The van der Waals surface area contributed by atoms with Gasteiger partial charge in [0.05, 0.1) is 25.5 Å². The molecule has 1 saturated heterocycles. The average Bonchev–Trinajstić information content (AvgIpc) is 2.97. The molecule has 0 bridgehead atoms. The van der Waals surface area contributed by atoms with Gasteiger partial charge in [-0.05, 0) is 26.0 Å². The van der Waals surface area contributed by atoms with E-state index in [0.29, 0.717) is 17.2 Å². The Bertz CT molecular complexity index is 992. The minimum absolute atomic E-state index is 0.00129. The fourth-order valence-corrected chi connectivity index (χ4v) is 5.00. The van der Waals surface area contributed by atoms with E-state index in [1.165, 1.54) is 18.5 Å². The summed E-state index contributed by atoms with van der Waals surface area (Å²) in [6.45, 7) is 3.50. The van der Waals surface area contributed by atoms with Crippen molar-refractivity contribution in [3.05, 3.63) is 29.3 Å². The molecule has 1 spiro atoms. The fourth-order valence-electron chi connectivity index (χ4n) is 3.89. The van der Waals surface area contributed by atoms with Gasteiger partial charge in [-0.15, -0.1) is 0 Å². The minimum atomic E-state index is -3.34. The van der Waals surface area contributed by atoms with Crippen molar-refractivity contribution in [2.75, 3.05) is 38.4 Å². The second-order valence-electron chi connectivity index (χ2n) is 7.21. The first-order valence-electron chi connectivity index (χ1n) is 9.63. The van der Waals surface area contributed by atoms with Gasteiger partial charge in [-0.3, -0.25) is 4.79 Å². The van der Waals surface area contributed by atoms with E-state index in [4.69, 9.17) is 14.2 Å². The van der Waals surface area contributed by atoms with Crippen molar-refractivity contribution in [2.45, 2.75) is 32.3 Å². The number of carbonyl (C=O) groups is 2. The van der Waals surface area contributed by atoms with Crippen molar-refractivity contribution in [2.24, 2.45) is 0 Å². The monoisotopic (exact) mass is 438 g/mol. The highest BCUT2D eigenvalue weighted by Gasteiger charge is 2.51. The van der Waals surface area contributed by atoms with Gasteiger partial charge >= 0.3 is 5.97 Å². The molecule has 1 N–H and O–H groups in total. The van der Waals surface area contributed by atoms with E-state index in [9.17, 15) is 18.0 Å². The van der Waals surface area contributed by atoms with Crippen LogP contribution >= 0.6 is 0 Å². The third kappa shape index (κ3) is 3.89. The van der Waals surface area contributed by atoms with Crippen LogP contribution in [-0.4, -0.2) is 63.3 Å². The zero-order valence-corrected chi connectivity index (χ0v) is 18.3. The number of hydrogen-bond acceptors (Lipinski definition) is 7. The molecule has 1 amide bonds. The Kier molecular flexibility index (Phi) is 6.09. The van der Waals surface area contributed by atoms with Gasteiger partial charge in [-0.1, -0.05) is 0 Å². The number of esters is 1. The molecule has 10 heteroatoms. The zero-order chi connectivity index (χ0) is 22.1. The molecular weight excluding hydrogens is 412 g/mol. The fraction of sp³-hybridized carbons (Fsp3) is 0.500. The van der Waals surface area contributed by atoms with Crippen LogP contribution in [-0.2, 0) is 24.3 Å². The van der Waals surface area contributed by atoms with Gasteiger partial charge in [0.15, 0.2) is 11.5 Å². The third-order valence-electron chi connectivity index (χ3n) is 5.58. The van der Waals surface area contributed by atoms with Crippen LogP contribution in [0.3, 0.4) is 0 Å². The SMILES string of the molecule is CCS(=O)(=O)N1CCC2(CC1)OC(=O)C(C)=C2C(=O)Nc1ccc(OC)c(OC)c1. The van der Waals surface area contributed by atoms with E-state index in [1.807, 2.05) is 0 Å². The Labute approximate surface area is 176 Å². The highest BCUT2D eigenvalue weighted by molar-refractivity contribution is 7.89. The van der Waals surface area contributed by atoms with Gasteiger partial charge in [-0.25, -0.2) is 17.5 Å². The molecule has 164 valence electrons. The number of piperidine rings is 1. The number of methoxy groups -OCH3 is 2. The lowest BCUT2D eigenvalue weighted by atomic mass is 9.83. The lowest BCUT2D eigenvalue weighted by molar-refractivity contribution is -0.149. The van der Waals surface area contributed by atoms with Crippen LogP contribution < -0.4 is 14.8 Å². The number of hydrogen-bond donors (Lipinski definition) is 1. The van der Waals surface area contributed by atoms with Crippen LogP contribution in [0.1, 0.15) is 26.7 Å². The van der Waals surface area contributed by atoms with Crippen molar-refractivity contribution in [3.63, 3.8) is 0 Å². The van der Waals surface area contributed by atoms with Crippen molar-refractivity contribution < 1.29 is 32.2 Å². The number of amides is 1. The lowest BCUT2D eigenvalue weighted by Gasteiger charge is -2.38. The molecule has 2 aliphatic heterocycles. The summed E-state index contributed by atoms with van der Waals surface area (Å²) in [7, 11) is -0.337. The number of rotatable bonds is 6. The molecule has 0 atom stereocenters. The number of nitrogens with zero attached hydrogens (tertiary/aromatic N) is 1. The Morgan fingerprint density at radius 1 is 1.20 bits per heavy atom. The van der Waals surface area contributed by atoms with E-state index in [1.54, 1.807) is 32.0 Å². The summed E-state index contributed by atoms with van der Waals surface area (Å²) in [4.78, 5) is 25.4. The molecule has 2 aliphatic rings. The molecule has 1 fully saturated rings. The molecule has 2 heterocycles. The van der Waals surface area contributed by atoms with Crippen LogP contribution in [0, 0.1) is 0 Å². The highest BCUT2D eigenvalue weighted by Crippen LogP contribution is 2.42. The Morgan fingerprint density at radius 3 is 2.40 bits per heavy atom. The number of anilines is 1. The second kappa shape index (κ2) is 8.27. The lowest BCUT2D eigenvalue weighted by Crippen LogP contribution is -2.49. The summed E-state index contributed by atoms with van der Waals surface area (Å²) in [5.74, 6) is -0.0446. The summed E-state index contributed by atoms with van der Waals surface area (Å²) in [5, 5.41) is 2.79. The molecule has 0 aromatic heterocycles. The summed E-state index contributed by atoms with van der Waals surface area (Å²) in [5.41, 5.74) is -0.171. The smallest absolute Gasteiger partial charge is 0.335 e. The van der Waals surface area contributed by atoms with Crippen LogP contribution in [0.5, 0.6) is 11.5 Å². The summed E-state index contributed by atoms with van der Waals surface area (Å²) in [6.07, 6.45) is 0.452. The van der Waals surface area contributed by atoms with Gasteiger partial charge in [0.2, 0.25) is 10.0 Å². The Hall–Kier alpha value is -2.59. The van der Waals surface area contributed by atoms with E-state index >= 15 is 0 Å². The highest BCUT2D eigenvalue weighted by atomic mass is 32.2. The zero-order valence-electron chi connectivity index (χ0n) is 17.5. The molecule has 0 saturated carbocycles. The van der Waals surface area contributed by atoms with Crippen molar-refractivity contribution in [1.82, 2.24) is 4.31 Å². The second-order valence-corrected chi connectivity index (χ2v) is 9.46.